The number of carbonyl (C=O) groups excluding carboxylic acids is 2. The highest BCUT2D eigenvalue weighted by molar-refractivity contribution is 6.34. The molecule has 21 heavy (non-hydrogen) atoms. The normalized spacial score (nSPS) is 18.4. The molecule has 1 saturated heterocycles. The van der Waals surface area contributed by atoms with Gasteiger partial charge >= 0.3 is 5.97 Å². The monoisotopic (exact) mass is 311 g/mol. The molecule has 3 N–H and O–H groups in total. The first-order valence-electron chi connectivity index (χ1n) is 6.78. The zero-order valence-corrected chi connectivity index (χ0v) is 12.5. The van der Waals surface area contributed by atoms with E-state index in [0.29, 0.717) is 31.9 Å². The Bertz CT molecular complexity index is 550. The minimum absolute atomic E-state index is 0.232. The molecule has 0 radical (unpaired) electrons. The number of nitrogens with two attached hydrogens (primary N) is 1. The predicted molar refractivity (Wildman–Crippen MR) is 80.6 cm³/mol. The summed E-state index contributed by atoms with van der Waals surface area (Å²) < 4.78 is 5.09. The first-order valence-corrected chi connectivity index (χ1v) is 7.16. The van der Waals surface area contributed by atoms with E-state index in [4.69, 9.17) is 22.1 Å². The van der Waals surface area contributed by atoms with Crippen LogP contribution in [0.4, 0.5) is 5.69 Å². The summed E-state index contributed by atoms with van der Waals surface area (Å²) in [7, 11) is 0. The molecule has 1 aromatic carbocycles. The molecule has 1 amide bonds. The smallest absolute Gasteiger partial charge is 0.330 e. The van der Waals surface area contributed by atoms with Crippen LogP contribution in [-0.4, -0.2) is 44.2 Å². The van der Waals surface area contributed by atoms with E-state index in [1.807, 2.05) is 4.90 Å². The third-order valence-electron chi connectivity index (χ3n) is 3.35. The summed E-state index contributed by atoms with van der Waals surface area (Å²) in [5.74, 6) is -0.947. The lowest BCUT2D eigenvalue weighted by atomic mass is 10.1. The van der Waals surface area contributed by atoms with Gasteiger partial charge in [0.1, 0.15) is 6.04 Å². The van der Waals surface area contributed by atoms with Gasteiger partial charge < -0.3 is 20.7 Å². The number of carbonyl (C=O) groups is 2. The second-order valence-electron chi connectivity index (χ2n) is 4.66. The summed E-state index contributed by atoms with van der Waals surface area (Å²) in [4.78, 5) is 25.6. The molecule has 0 aliphatic carbocycles. The molecular formula is C14H18ClN3O3. The first kappa shape index (κ1) is 15.6. The molecule has 1 aliphatic heterocycles. The molecule has 1 fully saturated rings. The molecule has 0 bridgehead atoms. The number of anilines is 1. The summed E-state index contributed by atoms with van der Waals surface area (Å²) >= 11 is 6.07. The Balaban J connectivity index is 2.40. The number of rotatable bonds is 4. The van der Waals surface area contributed by atoms with Crippen LogP contribution in [0.25, 0.3) is 0 Å². The minimum Gasteiger partial charge on any atom is -0.464 e. The van der Waals surface area contributed by atoms with Crippen molar-refractivity contribution in [3.63, 3.8) is 0 Å². The molecular weight excluding hydrogens is 294 g/mol. The van der Waals surface area contributed by atoms with Gasteiger partial charge in [-0.1, -0.05) is 17.7 Å². The number of nitrogens with zero attached hydrogens (tertiary/aromatic N) is 1. The summed E-state index contributed by atoms with van der Waals surface area (Å²) in [5.41, 5.74) is 6.22. The molecule has 2 rings (SSSR count). The molecule has 6 nitrogen and oxygen atoms in total. The van der Waals surface area contributed by atoms with Crippen LogP contribution in [0.5, 0.6) is 0 Å². The zero-order valence-electron chi connectivity index (χ0n) is 11.8. The average Bonchev–Trinajstić information content (AvgIpc) is 2.47. The lowest BCUT2D eigenvalue weighted by Gasteiger charge is -2.37. The quantitative estimate of drug-likeness (QED) is 0.803. The van der Waals surface area contributed by atoms with Crippen LogP contribution in [0.3, 0.4) is 0 Å². The van der Waals surface area contributed by atoms with Crippen LogP contribution in [0.1, 0.15) is 17.3 Å². The number of hydrogen-bond acceptors (Lipinski definition) is 5. The third kappa shape index (κ3) is 3.28. The van der Waals surface area contributed by atoms with Crippen molar-refractivity contribution in [3.05, 3.63) is 28.8 Å². The number of esters is 1. The fourth-order valence-corrected chi connectivity index (χ4v) is 2.70. The molecule has 0 aromatic heterocycles. The predicted octanol–water partition coefficient (Wildman–Crippen LogP) is 0.780. The number of halogens is 1. The van der Waals surface area contributed by atoms with Crippen molar-refractivity contribution < 1.29 is 14.3 Å². The Morgan fingerprint density at radius 3 is 2.95 bits per heavy atom. The summed E-state index contributed by atoms with van der Waals surface area (Å²) in [6.07, 6.45) is 0. The summed E-state index contributed by atoms with van der Waals surface area (Å²) in [6, 6.07) is 4.57. The number of benzene rings is 1. The highest BCUT2D eigenvalue weighted by atomic mass is 35.5. The van der Waals surface area contributed by atoms with Crippen molar-refractivity contribution in [2.45, 2.75) is 13.0 Å². The van der Waals surface area contributed by atoms with Gasteiger partial charge in [0.2, 0.25) is 0 Å². The SMILES string of the molecule is CCOC(=O)C1CNCCN1c1cccc(Cl)c1C(N)=O. The third-order valence-corrected chi connectivity index (χ3v) is 3.66. The van der Waals surface area contributed by atoms with Gasteiger partial charge in [-0.2, -0.15) is 0 Å². The van der Waals surface area contributed by atoms with E-state index >= 15 is 0 Å². The van der Waals surface area contributed by atoms with E-state index in [-0.39, 0.29) is 16.6 Å². The Kier molecular flexibility index (Phi) is 5.03. The lowest BCUT2D eigenvalue weighted by Crippen LogP contribution is -2.56. The Morgan fingerprint density at radius 2 is 2.29 bits per heavy atom. The Morgan fingerprint density at radius 1 is 1.52 bits per heavy atom. The van der Waals surface area contributed by atoms with E-state index in [9.17, 15) is 9.59 Å². The highest BCUT2D eigenvalue weighted by Crippen LogP contribution is 2.29. The average molecular weight is 312 g/mol. The van der Waals surface area contributed by atoms with Gasteiger partial charge in [-0.05, 0) is 19.1 Å². The topological polar surface area (TPSA) is 84.7 Å². The number of nitrogens with one attached hydrogen (secondary N) is 1. The van der Waals surface area contributed by atoms with Gasteiger partial charge in [0.25, 0.3) is 5.91 Å². The van der Waals surface area contributed by atoms with E-state index in [2.05, 4.69) is 5.32 Å². The molecule has 114 valence electrons. The number of primary amides is 1. The summed E-state index contributed by atoms with van der Waals surface area (Å²) in [5, 5.41) is 3.42. The van der Waals surface area contributed by atoms with E-state index in [1.165, 1.54) is 0 Å². The van der Waals surface area contributed by atoms with Crippen molar-refractivity contribution >= 4 is 29.2 Å². The fraction of sp³-hybridized carbons (Fsp3) is 0.429. The maximum absolute atomic E-state index is 12.1. The van der Waals surface area contributed by atoms with Gasteiger partial charge in [0.05, 0.1) is 22.9 Å². The van der Waals surface area contributed by atoms with Crippen LogP contribution in [0.15, 0.2) is 18.2 Å². The lowest BCUT2D eigenvalue weighted by molar-refractivity contribution is -0.144. The van der Waals surface area contributed by atoms with Crippen LogP contribution >= 0.6 is 11.6 Å². The van der Waals surface area contributed by atoms with Gasteiger partial charge in [0.15, 0.2) is 0 Å². The van der Waals surface area contributed by atoms with Gasteiger partial charge in [-0.3, -0.25) is 4.79 Å². The maximum atomic E-state index is 12.1. The van der Waals surface area contributed by atoms with Crippen molar-refractivity contribution in [1.29, 1.82) is 0 Å². The van der Waals surface area contributed by atoms with E-state index in [0.717, 1.165) is 0 Å². The van der Waals surface area contributed by atoms with Crippen LogP contribution in [0, 0.1) is 0 Å². The minimum atomic E-state index is -0.614. The van der Waals surface area contributed by atoms with Crippen molar-refractivity contribution in [1.82, 2.24) is 5.32 Å². The number of ether oxygens (including phenoxy) is 1. The van der Waals surface area contributed by atoms with Crippen molar-refractivity contribution in [3.8, 4) is 0 Å². The van der Waals surface area contributed by atoms with E-state index < -0.39 is 11.9 Å². The van der Waals surface area contributed by atoms with Crippen LogP contribution in [-0.2, 0) is 9.53 Å². The number of piperazine rings is 1. The van der Waals surface area contributed by atoms with Gasteiger partial charge in [-0.25, -0.2) is 4.79 Å². The standard InChI is InChI=1S/C14H18ClN3O3/c1-2-21-14(20)11-8-17-6-7-18(11)10-5-3-4-9(15)12(10)13(16)19/h3-5,11,17H,2,6-8H2,1H3,(H2,16,19). The molecule has 7 heteroatoms. The molecule has 1 atom stereocenters. The Labute approximate surface area is 128 Å². The first-order chi connectivity index (χ1) is 10.1. The van der Waals surface area contributed by atoms with Crippen LogP contribution < -0.4 is 16.0 Å². The van der Waals surface area contributed by atoms with E-state index in [1.54, 1.807) is 25.1 Å². The molecule has 1 unspecified atom stereocenters. The molecule has 1 aliphatic rings. The number of hydrogen-bond donors (Lipinski definition) is 2. The zero-order chi connectivity index (χ0) is 15.4. The second-order valence-corrected chi connectivity index (χ2v) is 5.07. The molecule has 0 saturated carbocycles. The number of amides is 1. The highest BCUT2D eigenvalue weighted by Gasteiger charge is 2.32. The van der Waals surface area contributed by atoms with Crippen molar-refractivity contribution in [2.75, 3.05) is 31.1 Å². The Hall–Kier alpha value is -1.79. The summed E-state index contributed by atoms with van der Waals surface area (Å²) in [6.45, 7) is 3.77. The second kappa shape index (κ2) is 6.78. The molecule has 1 aromatic rings. The van der Waals surface area contributed by atoms with Crippen LogP contribution in [0.2, 0.25) is 5.02 Å². The van der Waals surface area contributed by atoms with Gasteiger partial charge in [-0.15, -0.1) is 0 Å². The maximum Gasteiger partial charge on any atom is 0.330 e. The largest absolute Gasteiger partial charge is 0.464 e. The van der Waals surface area contributed by atoms with Crippen molar-refractivity contribution in [2.24, 2.45) is 5.73 Å². The van der Waals surface area contributed by atoms with Gasteiger partial charge in [0, 0.05) is 19.6 Å². The molecule has 1 heterocycles. The molecule has 0 spiro atoms. The fourth-order valence-electron chi connectivity index (χ4n) is 2.44.